The van der Waals surface area contributed by atoms with Crippen LogP contribution in [0.5, 0.6) is 0 Å². The summed E-state index contributed by atoms with van der Waals surface area (Å²) in [6.45, 7) is 1.78. The lowest BCUT2D eigenvalue weighted by atomic mass is 10.3. The van der Waals surface area contributed by atoms with E-state index in [4.69, 9.17) is 5.84 Å². The molecule has 1 aromatic rings. The predicted molar refractivity (Wildman–Crippen MR) is 73.2 cm³/mol. The first-order chi connectivity index (χ1) is 9.40. The summed E-state index contributed by atoms with van der Waals surface area (Å²) in [6, 6.07) is 0. The van der Waals surface area contributed by atoms with Gasteiger partial charge < -0.3 is 10.2 Å². The topological polar surface area (TPSA) is 139 Å². The quantitative estimate of drug-likeness (QED) is 0.362. The van der Waals surface area contributed by atoms with Gasteiger partial charge in [0, 0.05) is 27.1 Å². The van der Waals surface area contributed by atoms with Crippen molar-refractivity contribution >= 4 is 23.4 Å². The number of amides is 1. The van der Waals surface area contributed by atoms with Crippen LogP contribution in [0.15, 0.2) is 0 Å². The average molecular weight is 283 g/mol. The summed E-state index contributed by atoms with van der Waals surface area (Å²) in [5, 5.41) is 13.6. The van der Waals surface area contributed by atoms with Gasteiger partial charge in [0.15, 0.2) is 0 Å². The molecule has 1 rings (SSSR count). The first kappa shape index (κ1) is 15.6. The normalized spacial score (nSPS) is 10.0. The number of hydrogen-bond acceptors (Lipinski definition) is 8. The molecule has 1 amide bonds. The zero-order chi connectivity index (χ0) is 15.3. The molecule has 0 atom stereocenters. The van der Waals surface area contributed by atoms with Crippen LogP contribution in [0.25, 0.3) is 0 Å². The number of aromatic nitrogens is 2. The molecule has 10 nitrogen and oxygen atoms in total. The highest BCUT2D eigenvalue weighted by Gasteiger charge is 2.24. The van der Waals surface area contributed by atoms with Crippen molar-refractivity contribution in [2.24, 2.45) is 5.84 Å². The third-order valence-electron chi connectivity index (χ3n) is 2.67. The zero-order valence-electron chi connectivity index (χ0n) is 11.5. The van der Waals surface area contributed by atoms with Gasteiger partial charge in [0.2, 0.25) is 17.7 Å². The number of anilines is 2. The highest BCUT2D eigenvalue weighted by atomic mass is 16.6. The summed E-state index contributed by atoms with van der Waals surface area (Å²) in [5.41, 5.74) is 2.24. The Labute approximate surface area is 115 Å². The monoisotopic (exact) mass is 283 g/mol. The Morgan fingerprint density at radius 1 is 1.50 bits per heavy atom. The number of carbonyl (C=O) groups excluding carboxylic acids is 1. The molecule has 10 heteroatoms. The number of carbonyl (C=O) groups is 1. The average Bonchev–Trinajstić information content (AvgIpc) is 2.42. The van der Waals surface area contributed by atoms with Crippen molar-refractivity contribution in [1.82, 2.24) is 15.3 Å². The lowest BCUT2D eigenvalue weighted by Gasteiger charge is -2.18. The molecule has 20 heavy (non-hydrogen) atoms. The molecule has 0 radical (unpaired) electrons. The van der Waals surface area contributed by atoms with Gasteiger partial charge in [0.1, 0.15) is 5.69 Å². The van der Waals surface area contributed by atoms with Gasteiger partial charge in [-0.2, -0.15) is 4.98 Å². The Bertz CT molecular complexity index is 520. The second-order valence-corrected chi connectivity index (χ2v) is 4.05. The fraction of sp³-hybridized carbons (Fsp3) is 0.500. The summed E-state index contributed by atoms with van der Waals surface area (Å²) in [4.78, 5) is 31.1. The first-order valence-corrected chi connectivity index (χ1v) is 5.82. The number of nitro groups is 1. The van der Waals surface area contributed by atoms with Gasteiger partial charge >= 0.3 is 5.69 Å². The molecule has 0 aliphatic heterocycles. The van der Waals surface area contributed by atoms with E-state index in [2.05, 4.69) is 20.7 Å². The minimum atomic E-state index is -0.554. The summed E-state index contributed by atoms with van der Waals surface area (Å²) >= 11 is 0. The maximum absolute atomic E-state index is 11.2. The van der Waals surface area contributed by atoms with Gasteiger partial charge in [-0.25, -0.2) is 10.8 Å². The first-order valence-electron chi connectivity index (χ1n) is 5.82. The van der Waals surface area contributed by atoms with E-state index in [1.807, 2.05) is 0 Å². The minimum Gasteiger partial charge on any atom is -0.359 e. The van der Waals surface area contributed by atoms with E-state index in [1.54, 1.807) is 7.05 Å². The zero-order valence-corrected chi connectivity index (χ0v) is 11.5. The second-order valence-electron chi connectivity index (χ2n) is 4.05. The van der Waals surface area contributed by atoms with Gasteiger partial charge in [-0.15, -0.1) is 0 Å². The smallest absolute Gasteiger partial charge is 0.332 e. The SMILES string of the molecule is CNC(=O)CCN(C)c1nc(NN)nc(C)c1[N+](=O)[O-]. The number of hydrogen-bond donors (Lipinski definition) is 3. The molecule has 0 spiro atoms. The Hall–Kier alpha value is -2.49. The van der Waals surface area contributed by atoms with Crippen LogP contribution < -0.4 is 21.5 Å². The van der Waals surface area contributed by atoms with Crippen molar-refractivity contribution in [3.8, 4) is 0 Å². The Morgan fingerprint density at radius 2 is 2.15 bits per heavy atom. The van der Waals surface area contributed by atoms with Gasteiger partial charge in [0.25, 0.3) is 0 Å². The van der Waals surface area contributed by atoms with Gasteiger partial charge in [0.05, 0.1) is 4.92 Å². The third kappa shape index (κ3) is 3.51. The number of nitrogen functional groups attached to an aromatic ring is 1. The fourth-order valence-electron chi connectivity index (χ4n) is 1.60. The van der Waals surface area contributed by atoms with E-state index in [1.165, 1.54) is 18.9 Å². The van der Waals surface area contributed by atoms with Crippen LogP contribution in [0.1, 0.15) is 12.1 Å². The van der Waals surface area contributed by atoms with Crippen molar-refractivity contribution in [2.45, 2.75) is 13.3 Å². The number of aryl methyl sites for hydroxylation is 1. The molecule has 1 aromatic heterocycles. The number of rotatable bonds is 6. The molecule has 1 heterocycles. The lowest BCUT2D eigenvalue weighted by molar-refractivity contribution is -0.385. The molecule has 0 aliphatic carbocycles. The Morgan fingerprint density at radius 3 is 2.65 bits per heavy atom. The van der Waals surface area contributed by atoms with E-state index >= 15 is 0 Å². The van der Waals surface area contributed by atoms with Crippen molar-refractivity contribution in [1.29, 1.82) is 0 Å². The lowest BCUT2D eigenvalue weighted by Crippen LogP contribution is -2.28. The van der Waals surface area contributed by atoms with E-state index < -0.39 is 4.92 Å². The highest BCUT2D eigenvalue weighted by Crippen LogP contribution is 2.28. The predicted octanol–water partition coefficient (Wildman–Crippen LogP) is -0.449. The number of nitrogens with one attached hydrogen (secondary N) is 2. The van der Waals surface area contributed by atoms with E-state index in [9.17, 15) is 14.9 Å². The van der Waals surface area contributed by atoms with E-state index in [0.29, 0.717) is 0 Å². The van der Waals surface area contributed by atoms with Crippen molar-refractivity contribution in [2.75, 3.05) is 31.0 Å². The Balaban J connectivity index is 3.10. The van der Waals surface area contributed by atoms with Crippen molar-refractivity contribution < 1.29 is 9.72 Å². The standard InChI is InChI=1S/C10H17N7O3/c1-6-8(17(19)20)9(14-10(13-6)15-11)16(3)5-4-7(18)12-2/h4-5,11H2,1-3H3,(H,12,18)(H,13,14,15). The highest BCUT2D eigenvalue weighted by molar-refractivity contribution is 5.76. The molecular formula is C10H17N7O3. The third-order valence-corrected chi connectivity index (χ3v) is 2.67. The number of nitrogens with zero attached hydrogens (tertiary/aromatic N) is 4. The summed E-state index contributed by atoms with van der Waals surface area (Å²) in [6.07, 6.45) is 0.193. The minimum absolute atomic E-state index is 0.0786. The van der Waals surface area contributed by atoms with Gasteiger partial charge in [-0.3, -0.25) is 20.3 Å². The van der Waals surface area contributed by atoms with Crippen LogP contribution >= 0.6 is 0 Å². The molecule has 0 bridgehead atoms. The second kappa shape index (κ2) is 6.61. The fourth-order valence-corrected chi connectivity index (χ4v) is 1.60. The molecular weight excluding hydrogens is 266 g/mol. The molecule has 0 aliphatic rings. The number of nitrogens with two attached hydrogens (primary N) is 1. The maximum Gasteiger partial charge on any atom is 0.332 e. The molecule has 0 unspecified atom stereocenters. The summed E-state index contributed by atoms with van der Waals surface area (Å²) in [7, 11) is 3.13. The van der Waals surface area contributed by atoms with Crippen LogP contribution in [0.3, 0.4) is 0 Å². The van der Waals surface area contributed by atoms with Crippen LogP contribution in [0.2, 0.25) is 0 Å². The van der Waals surface area contributed by atoms with E-state index in [0.717, 1.165) is 0 Å². The number of hydrazine groups is 1. The van der Waals surface area contributed by atoms with Gasteiger partial charge in [-0.1, -0.05) is 0 Å². The van der Waals surface area contributed by atoms with Crippen LogP contribution in [0.4, 0.5) is 17.5 Å². The molecule has 0 fully saturated rings. The molecule has 4 N–H and O–H groups in total. The molecule has 0 saturated heterocycles. The van der Waals surface area contributed by atoms with Gasteiger partial charge in [-0.05, 0) is 6.92 Å². The molecule has 0 aromatic carbocycles. The molecule has 0 saturated carbocycles. The van der Waals surface area contributed by atoms with Crippen LogP contribution in [-0.4, -0.2) is 41.4 Å². The summed E-state index contributed by atoms with van der Waals surface area (Å²) in [5.74, 6) is 5.25. The van der Waals surface area contributed by atoms with Crippen molar-refractivity contribution in [3.63, 3.8) is 0 Å². The summed E-state index contributed by atoms with van der Waals surface area (Å²) < 4.78 is 0. The van der Waals surface area contributed by atoms with Crippen LogP contribution in [-0.2, 0) is 4.79 Å². The molecule has 110 valence electrons. The largest absolute Gasteiger partial charge is 0.359 e. The van der Waals surface area contributed by atoms with Crippen LogP contribution in [0, 0.1) is 17.0 Å². The maximum atomic E-state index is 11.2. The van der Waals surface area contributed by atoms with E-state index in [-0.39, 0.29) is 42.0 Å². The Kier molecular flexibility index (Phi) is 5.15. The van der Waals surface area contributed by atoms with Crippen molar-refractivity contribution in [3.05, 3.63) is 15.8 Å².